The summed E-state index contributed by atoms with van der Waals surface area (Å²) >= 11 is 0. The van der Waals surface area contributed by atoms with Gasteiger partial charge in [0, 0.05) is 11.6 Å². The van der Waals surface area contributed by atoms with Crippen molar-refractivity contribution in [2.45, 2.75) is 23.8 Å². The standard InChI is InChI=1S/C20H19N5O3S/c21-19-18(20(22)26)24-17(11-23-19)13-5-3-6-14(10-13)29(27,28)25-16-9-8-12-4-1-2-7-15(12)16/h1-7,10-11,16,25H,8-9H2,(H2,21,23)(H2,22,26)/t16-/m0/s1. The minimum absolute atomic E-state index is 0.0772. The fraction of sp³-hybridized carbons (Fsp3) is 0.150. The number of carbonyl (C=O) groups is 1. The molecule has 0 radical (unpaired) electrons. The van der Waals surface area contributed by atoms with E-state index in [9.17, 15) is 13.2 Å². The molecule has 1 aliphatic carbocycles. The number of primary amides is 1. The highest BCUT2D eigenvalue weighted by atomic mass is 32.2. The summed E-state index contributed by atoms with van der Waals surface area (Å²) in [5, 5.41) is 0. The number of fused-ring (bicyclic) bond motifs is 1. The topological polar surface area (TPSA) is 141 Å². The lowest BCUT2D eigenvalue weighted by Crippen LogP contribution is -2.27. The molecule has 1 aromatic heterocycles. The van der Waals surface area contributed by atoms with Gasteiger partial charge in [-0.3, -0.25) is 4.79 Å². The maximum absolute atomic E-state index is 13.0. The van der Waals surface area contributed by atoms with E-state index < -0.39 is 15.9 Å². The van der Waals surface area contributed by atoms with Crippen molar-refractivity contribution in [3.63, 3.8) is 0 Å². The van der Waals surface area contributed by atoms with Crippen LogP contribution in [0, 0.1) is 0 Å². The van der Waals surface area contributed by atoms with E-state index in [1.807, 2.05) is 24.3 Å². The Kier molecular flexibility index (Phi) is 4.77. The number of hydrogen-bond donors (Lipinski definition) is 3. The summed E-state index contributed by atoms with van der Waals surface area (Å²) in [6, 6.07) is 13.8. The Hall–Kier alpha value is -3.30. The van der Waals surface area contributed by atoms with Crippen LogP contribution in [0.5, 0.6) is 0 Å². The molecule has 0 fully saturated rings. The van der Waals surface area contributed by atoms with Crippen LogP contribution in [0.25, 0.3) is 11.3 Å². The minimum atomic E-state index is -3.77. The molecule has 29 heavy (non-hydrogen) atoms. The first-order valence-electron chi connectivity index (χ1n) is 8.98. The third-order valence-electron chi connectivity index (χ3n) is 4.90. The fourth-order valence-corrected chi connectivity index (χ4v) is 4.77. The first-order valence-corrected chi connectivity index (χ1v) is 10.5. The third-order valence-corrected chi connectivity index (χ3v) is 6.37. The second-order valence-corrected chi connectivity index (χ2v) is 8.51. The molecular weight excluding hydrogens is 390 g/mol. The number of hydrogen-bond acceptors (Lipinski definition) is 6. The van der Waals surface area contributed by atoms with Crippen LogP contribution in [0.1, 0.15) is 34.1 Å². The maximum Gasteiger partial charge on any atom is 0.271 e. The fourth-order valence-electron chi connectivity index (χ4n) is 3.48. The van der Waals surface area contributed by atoms with E-state index in [-0.39, 0.29) is 22.4 Å². The molecule has 148 valence electrons. The number of carbonyl (C=O) groups excluding carboxylic acids is 1. The number of nitrogens with one attached hydrogen (secondary N) is 1. The first-order chi connectivity index (χ1) is 13.8. The number of sulfonamides is 1. The second kappa shape index (κ2) is 7.26. The zero-order valence-electron chi connectivity index (χ0n) is 15.4. The van der Waals surface area contributed by atoms with E-state index in [2.05, 4.69) is 14.7 Å². The van der Waals surface area contributed by atoms with Crippen LogP contribution in [0.4, 0.5) is 5.82 Å². The summed E-state index contributed by atoms with van der Waals surface area (Å²) in [6.45, 7) is 0. The molecule has 2 aromatic carbocycles. The van der Waals surface area contributed by atoms with Crippen molar-refractivity contribution < 1.29 is 13.2 Å². The van der Waals surface area contributed by atoms with Gasteiger partial charge in [-0.05, 0) is 36.1 Å². The number of amides is 1. The van der Waals surface area contributed by atoms with Crippen molar-refractivity contribution in [2.24, 2.45) is 5.73 Å². The van der Waals surface area contributed by atoms with E-state index >= 15 is 0 Å². The van der Waals surface area contributed by atoms with Gasteiger partial charge in [0.15, 0.2) is 11.5 Å². The number of anilines is 1. The summed E-state index contributed by atoms with van der Waals surface area (Å²) in [6.07, 6.45) is 2.91. The molecule has 0 aliphatic heterocycles. The molecule has 5 N–H and O–H groups in total. The largest absolute Gasteiger partial charge is 0.382 e. The molecule has 0 bridgehead atoms. The molecule has 0 saturated heterocycles. The molecule has 3 aromatic rings. The van der Waals surface area contributed by atoms with Crippen molar-refractivity contribution in [2.75, 3.05) is 5.73 Å². The zero-order chi connectivity index (χ0) is 20.6. The average Bonchev–Trinajstić information content (AvgIpc) is 3.10. The van der Waals surface area contributed by atoms with Gasteiger partial charge in [0.05, 0.1) is 16.8 Å². The number of nitrogen functional groups attached to an aromatic ring is 1. The lowest BCUT2D eigenvalue weighted by Gasteiger charge is -2.15. The highest BCUT2D eigenvalue weighted by Gasteiger charge is 2.27. The Morgan fingerprint density at radius 3 is 2.72 bits per heavy atom. The Labute approximate surface area is 168 Å². The summed E-state index contributed by atoms with van der Waals surface area (Å²) < 4.78 is 28.7. The van der Waals surface area contributed by atoms with Crippen LogP contribution in [0.2, 0.25) is 0 Å². The lowest BCUT2D eigenvalue weighted by molar-refractivity contribution is 0.0996. The quantitative estimate of drug-likeness (QED) is 0.587. The number of benzene rings is 2. The van der Waals surface area contributed by atoms with E-state index in [1.165, 1.54) is 18.3 Å². The van der Waals surface area contributed by atoms with Crippen LogP contribution < -0.4 is 16.2 Å². The summed E-state index contributed by atoms with van der Waals surface area (Å²) in [4.78, 5) is 19.6. The second-order valence-electron chi connectivity index (χ2n) is 6.79. The van der Waals surface area contributed by atoms with Crippen molar-refractivity contribution in [3.05, 3.63) is 71.5 Å². The van der Waals surface area contributed by atoms with Crippen molar-refractivity contribution in [1.29, 1.82) is 0 Å². The van der Waals surface area contributed by atoms with Gasteiger partial charge < -0.3 is 11.5 Å². The molecule has 1 atom stereocenters. The van der Waals surface area contributed by atoms with Crippen molar-refractivity contribution in [1.82, 2.24) is 14.7 Å². The van der Waals surface area contributed by atoms with E-state index in [0.717, 1.165) is 17.5 Å². The van der Waals surface area contributed by atoms with Crippen LogP contribution in [-0.4, -0.2) is 24.3 Å². The van der Waals surface area contributed by atoms with Gasteiger partial charge in [0.1, 0.15) is 0 Å². The van der Waals surface area contributed by atoms with Crippen LogP contribution >= 0.6 is 0 Å². The SMILES string of the molecule is NC(=O)c1nc(-c2cccc(S(=O)(=O)N[C@H]3CCc4ccccc43)c2)cnc1N. The number of nitrogens with zero attached hydrogens (tertiary/aromatic N) is 2. The van der Waals surface area contributed by atoms with Gasteiger partial charge in [-0.25, -0.2) is 23.1 Å². The third kappa shape index (κ3) is 3.69. The normalized spacial score (nSPS) is 15.8. The zero-order valence-corrected chi connectivity index (χ0v) is 16.2. The number of aromatic nitrogens is 2. The number of aryl methyl sites for hydroxylation is 1. The van der Waals surface area contributed by atoms with Gasteiger partial charge in [-0.15, -0.1) is 0 Å². The van der Waals surface area contributed by atoms with Crippen LogP contribution in [0.3, 0.4) is 0 Å². The first kappa shape index (κ1) is 19.0. The van der Waals surface area contributed by atoms with Crippen molar-refractivity contribution >= 4 is 21.7 Å². The molecule has 0 unspecified atom stereocenters. The molecular formula is C20H19N5O3S. The van der Waals surface area contributed by atoms with Gasteiger partial charge >= 0.3 is 0 Å². The Balaban J connectivity index is 1.65. The summed E-state index contributed by atoms with van der Waals surface area (Å²) in [7, 11) is -3.77. The molecule has 1 heterocycles. The Bertz CT molecular complexity index is 1210. The molecule has 1 aliphatic rings. The molecule has 8 nitrogen and oxygen atoms in total. The molecule has 0 spiro atoms. The number of rotatable bonds is 5. The Morgan fingerprint density at radius 1 is 1.14 bits per heavy atom. The number of nitrogens with two attached hydrogens (primary N) is 2. The highest BCUT2D eigenvalue weighted by molar-refractivity contribution is 7.89. The Morgan fingerprint density at radius 2 is 1.93 bits per heavy atom. The minimum Gasteiger partial charge on any atom is -0.382 e. The van der Waals surface area contributed by atoms with Gasteiger partial charge in [0.25, 0.3) is 5.91 Å². The average molecular weight is 409 g/mol. The predicted molar refractivity (Wildman–Crippen MR) is 108 cm³/mol. The van der Waals surface area contributed by atoms with Gasteiger partial charge in [-0.2, -0.15) is 0 Å². The summed E-state index contributed by atoms with van der Waals surface area (Å²) in [5.74, 6) is -0.881. The van der Waals surface area contributed by atoms with E-state index in [1.54, 1.807) is 12.1 Å². The van der Waals surface area contributed by atoms with Gasteiger partial charge in [-0.1, -0.05) is 36.4 Å². The van der Waals surface area contributed by atoms with E-state index in [4.69, 9.17) is 11.5 Å². The lowest BCUT2D eigenvalue weighted by atomic mass is 10.1. The molecule has 9 heteroatoms. The maximum atomic E-state index is 13.0. The van der Waals surface area contributed by atoms with Crippen molar-refractivity contribution in [3.8, 4) is 11.3 Å². The van der Waals surface area contributed by atoms with E-state index in [0.29, 0.717) is 17.7 Å². The molecule has 4 rings (SSSR count). The monoisotopic (exact) mass is 409 g/mol. The smallest absolute Gasteiger partial charge is 0.271 e. The highest BCUT2D eigenvalue weighted by Crippen LogP contribution is 2.32. The predicted octanol–water partition coefficient (Wildman–Crippen LogP) is 1.79. The molecule has 1 amide bonds. The van der Waals surface area contributed by atoms with Crippen LogP contribution in [-0.2, 0) is 16.4 Å². The summed E-state index contributed by atoms with van der Waals surface area (Å²) in [5.41, 5.74) is 13.7. The van der Waals surface area contributed by atoms with Crippen LogP contribution in [0.15, 0.2) is 59.6 Å². The van der Waals surface area contributed by atoms with Gasteiger partial charge in [0.2, 0.25) is 10.0 Å². The molecule has 0 saturated carbocycles.